The maximum atomic E-state index is 4.69. The van der Waals surface area contributed by atoms with Gasteiger partial charge in [0.1, 0.15) is 0 Å². The Morgan fingerprint density at radius 2 is 1.81 bits per heavy atom. The van der Waals surface area contributed by atoms with Crippen molar-refractivity contribution >= 4 is 0 Å². The van der Waals surface area contributed by atoms with Gasteiger partial charge < -0.3 is 5.32 Å². The zero-order valence-corrected chi connectivity index (χ0v) is 14.1. The molecule has 0 amide bonds. The van der Waals surface area contributed by atoms with Crippen LogP contribution < -0.4 is 5.32 Å². The lowest BCUT2D eigenvalue weighted by Crippen LogP contribution is -2.22. The lowest BCUT2D eigenvalue weighted by Gasteiger charge is -2.19. The lowest BCUT2D eigenvalue weighted by atomic mass is 9.86. The summed E-state index contributed by atoms with van der Waals surface area (Å²) in [4.78, 5) is 0. The van der Waals surface area contributed by atoms with Gasteiger partial charge in [0.15, 0.2) is 0 Å². The van der Waals surface area contributed by atoms with Crippen LogP contribution in [0.1, 0.15) is 45.9 Å². The highest BCUT2D eigenvalue weighted by Crippen LogP contribution is 2.33. The second-order valence-electron chi connectivity index (χ2n) is 7.01. The van der Waals surface area contributed by atoms with Crippen molar-refractivity contribution in [3.63, 3.8) is 0 Å². The van der Waals surface area contributed by atoms with Gasteiger partial charge in [-0.3, -0.25) is 4.68 Å². The summed E-state index contributed by atoms with van der Waals surface area (Å²) in [5.74, 6) is 0. The van der Waals surface area contributed by atoms with E-state index in [2.05, 4.69) is 70.4 Å². The molecule has 0 aliphatic rings. The van der Waals surface area contributed by atoms with Gasteiger partial charge >= 0.3 is 0 Å². The molecule has 0 fully saturated rings. The Morgan fingerprint density at radius 3 is 2.43 bits per heavy atom. The molecular weight excluding hydrogens is 258 g/mol. The van der Waals surface area contributed by atoms with Crippen molar-refractivity contribution in [1.82, 2.24) is 15.1 Å². The summed E-state index contributed by atoms with van der Waals surface area (Å²) in [6.07, 6.45) is 2.13. The number of nitrogens with zero attached hydrogens (tertiary/aromatic N) is 2. The Kier molecular flexibility index (Phi) is 4.52. The highest BCUT2D eigenvalue weighted by molar-refractivity contribution is 5.70. The Balaban J connectivity index is 2.47. The van der Waals surface area contributed by atoms with Crippen LogP contribution in [0.5, 0.6) is 0 Å². The van der Waals surface area contributed by atoms with E-state index in [0.29, 0.717) is 6.04 Å². The molecule has 114 valence electrons. The summed E-state index contributed by atoms with van der Waals surface area (Å²) in [5.41, 5.74) is 5.04. The number of aryl methyl sites for hydroxylation is 1. The molecule has 0 aliphatic heterocycles. The molecule has 0 aliphatic carbocycles. The van der Waals surface area contributed by atoms with E-state index in [-0.39, 0.29) is 5.41 Å². The summed E-state index contributed by atoms with van der Waals surface area (Å²) >= 11 is 0. The van der Waals surface area contributed by atoms with Crippen molar-refractivity contribution in [1.29, 1.82) is 0 Å². The maximum Gasteiger partial charge on any atom is 0.0756 e. The van der Waals surface area contributed by atoms with Gasteiger partial charge in [-0.05, 0) is 11.1 Å². The van der Waals surface area contributed by atoms with Gasteiger partial charge in [-0.2, -0.15) is 5.10 Å². The second-order valence-corrected chi connectivity index (χ2v) is 7.01. The van der Waals surface area contributed by atoms with Crippen molar-refractivity contribution in [3.05, 3.63) is 41.7 Å². The summed E-state index contributed by atoms with van der Waals surface area (Å²) in [6, 6.07) is 9.09. The average Bonchev–Trinajstić information content (AvgIpc) is 2.78. The number of hydrogen-bond donors (Lipinski definition) is 1. The fourth-order valence-corrected chi connectivity index (χ4v) is 2.49. The Hall–Kier alpha value is -1.61. The van der Waals surface area contributed by atoms with Crippen LogP contribution in [0, 0.1) is 0 Å². The van der Waals surface area contributed by atoms with Gasteiger partial charge in [0, 0.05) is 36.8 Å². The normalized spacial score (nSPS) is 12.1. The lowest BCUT2D eigenvalue weighted by molar-refractivity contribution is 0.554. The van der Waals surface area contributed by atoms with Crippen LogP contribution in [-0.2, 0) is 19.0 Å². The van der Waals surface area contributed by atoms with E-state index in [1.165, 1.54) is 16.7 Å². The Morgan fingerprint density at radius 1 is 1.14 bits per heavy atom. The van der Waals surface area contributed by atoms with Crippen molar-refractivity contribution < 1.29 is 0 Å². The first kappa shape index (κ1) is 15.8. The summed E-state index contributed by atoms with van der Waals surface area (Å²) < 4.78 is 1.92. The minimum atomic E-state index is 0.0369. The molecule has 1 aromatic heterocycles. The molecule has 0 spiro atoms. The topological polar surface area (TPSA) is 29.9 Å². The Bertz CT molecular complexity index is 603. The molecule has 0 unspecified atom stereocenters. The highest BCUT2D eigenvalue weighted by atomic mass is 15.3. The van der Waals surface area contributed by atoms with Gasteiger partial charge in [0.05, 0.1) is 5.69 Å². The predicted molar refractivity (Wildman–Crippen MR) is 89.3 cm³/mol. The van der Waals surface area contributed by atoms with Gasteiger partial charge in [0.2, 0.25) is 0 Å². The van der Waals surface area contributed by atoms with Crippen molar-refractivity contribution in [2.45, 2.75) is 52.6 Å². The van der Waals surface area contributed by atoms with Crippen molar-refractivity contribution in [2.24, 2.45) is 7.05 Å². The minimum Gasteiger partial charge on any atom is -0.310 e. The number of hydrogen-bond acceptors (Lipinski definition) is 2. The highest BCUT2D eigenvalue weighted by Gasteiger charge is 2.23. The van der Waals surface area contributed by atoms with Crippen molar-refractivity contribution in [2.75, 3.05) is 0 Å². The number of rotatable bonds is 4. The SMILES string of the molecule is CC(C)NCc1ccccc1-c1cn(C)nc1C(C)(C)C. The van der Waals surface area contributed by atoms with Gasteiger partial charge in [-0.25, -0.2) is 0 Å². The molecule has 0 saturated heterocycles. The third kappa shape index (κ3) is 3.73. The first-order valence-corrected chi connectivity index (χ1v) is 7.65. The molecule has 0 atom stereocenters. The third-order valence-electron chi connectivity index (χ3n) is 3.55. The van der Waals surface area contributed by atoms with Gasteiger partial charge in [-0.15, -0.1) is 0 Å². The van der Waals surface area contributed by atoms with Crippen LogP contribution in [0.2, 0.25) is 0 Å². The van der Waals surface area contributed by atoms with E-state index in [1.807, 2.05) is 11.7 Å². The summed E-state index contributed by atoms with van der Waals surface area (Å²) in [5, 5.41) is 8.20. The predicted octanol–water partition coefficient (Wildman–Crippen LogP) is 3.88. The molecule has 1 heterocycles. The van der Waals surface area contributed by atoms with Crippen LogP contribution in [0.4, 0.5) is 0 Å². The number of aromatic nitrogens is 2. The van der Waals surface area contributed by atoms with Gasteiger partial charge in [-0.1, -0.05) is 58.9 Å². The molecule has 3 nitrogen and oxygen atoms in total. The van der Waals surface area contributed by atoms with Crippen LogP contribution in [0.15, 0.2) is 30.5 Å². The van der Waals surface area contributed by atoms with Crippen molar-refractivity contribution in [3.8, 4) is 11.1 Å². The molecule has 2 aromatic rings. The third-order valence-corrected chi connectivity index (χ3v) is 3.55. The van der Waals surface area contributed by atoms with Crippen LogP contribution >= 0.6 is 0 Å². The molecule has 1 aromatic carbocycles. The molecule has 3 heteroatoms. The van der Waals surface area contributed by atoms with Crippen LogP contribution in [0.3, 0.4) is 0 Å². The molecule has 21 heavy (non-hydrogen) atoms. The zero-order valence-electron chi connectivity index (χ0n) is 14.1. The van der Waals surface area contributed by atoms with E-state index in [0.717, 1.165) is 12.2 Å². The fraction of sp³-hybridized carbons (Fsp3) is 0.500. The van der Waals surface area contributed by atoms with Crippen LogP contribution in [0.25, 0.3) is 11.1 Å². The van der Waals surface area contributed by atoms with E-state index >= 15 is 0 Å². The molecule has 0 radical (unpaired) electrons. The Labute approximate surface area is 128 Å². The summed E-state index contributed by atoms with van der Waals surface area (Å²) in [6.45, 7) is 11.9. The number of benzene rings is 1. The smallest absolute Gasteiger partial charge is 0.0756 e. The van der Waals surface area contributed by atoms with E-state index < -0.39 is 0 Å². The van der Waals surface area contributed by atoms with E-state index in [1.54, 1.807) is 0 Å². The van der Waals surface area contributed by atoms with E-state index in [4.69, 9.17) is 5.10 Å². The number of nitrogens with one attached hydrogen (secondary N) is 1. The minimum absolute atomic E-state index is 0.0369. The molecule has 0 bridgehead atoms. The average molecular weight is 285 g/mol. The zero-order chi connectivity index (χ0) is 15.6. The molecular formula is C18H27N3. The van der Waals surface area contributed by atoms with Gasteiger partial charge in [0.25, 0.3) is 0 Å². The first-order chi connectivity index (χ1) is 9.79. The fourth-order valence-electron chi connectivity index (χ4n) is 2.49. The second kappa shape index (κ2) is 6.02. The maximum absolute atomic E-state index is 4.69. The standard InChI is InChI=1S/C18H27N3/c1-13(2)19-11-14-9-7-8-10-15(14)16-12-21(6)20-17(16)18(3,4)5/h7-10,12-13,19H,11H2,1-6H3. The molecule has 2 rings (SSSR count). The van der Waals surface area contributed by atoms with Crippen LogP contribution in [-0.4, -0.2) is 15.8 Å². The molecule has 0 saturated carbocycles. The monoisotopic (exact) mass is 285 g/mol. The first-order valence-electron chi connectivity index (χ1n) is 7.65. The summed E-state index contributed by atoms with van der Waals surface area (Å²) in [7, 11) is 1.99. The quantitative estimate of drug-likeness (QED) is 0.924. The largest absolute Gasteiger partial charge is 0.310 e. The van der Waals surface area contributed by atoms with E-state index in [9.17, 15) is 0 Å². The molecule has 1 N–H and O–H groups in total.